The third-order valence-electron chi connectivity index (χ3n) is 2.90. The van der Waals surface area contributed by atoms with Crippen molar-refractivity contribution in [2.75, 3.05) is 11.9 Å². The summed E-state index contributed by atoms with van der Waals surface area (Å²) in [5.41, 5.74) is 8.38. The maximum atomic E-state index is 8.68. The molecular formula is C14H15BrN4O. The molecule has 0 unspecified atom stereocenters. The molecule has 0 spiro atoms. The van der Waals surface area contributed by atoms with Crippen molar-refractivity contribution in [3.05, 3.63) is 58.3 Å². The van der Waals surface area contributed by atoms with Gasteiger partial charge in [-0.15, -0.1) is 0 Å². The molecular weight excluding hydrogens is 320 g/mol. The number of rotatable bonds is 4. The minimum absolute atomic E-state index is 0.0900. The first-order chi connectivity index (χ1) is 9.61. The van der Waals surface area contributed by atoms with E-state index in [1.807, 2.05) is 43.6 Å². The summed E-state index contributed by atoms with van der Waals surface area (Å²) < 4.78 is 0.882. The zero-order valence-corrected chi connectivity index (χ0v) is 12.6. The summed E-state index contributed by atoms with van der Waals surface area (Å²) in [6, 6.07) is 9.51. The third-order valence-corrected chi connectivity index (χ3v) is 3.54. The minimum Gasteiger partial charge on any atom is -0.409 e. The molecule has 0 saturated heterocycles. The van der Waals surface area contributed by atoms with Crippen LogP contribution >= 0.6 is 15.9 Å². The van der Waals surface area contributed by atoms with Gasteiger partial charge in [-0.3, -0.25) is 4.98 Å². The molecule has 3 N–H and O–H groups in total. The first-order valence-electron chi connectivity index (χ1n) is 5.99. The standard InChI is InChI=1S/C14H15BrN4O/c1-19(9-10-3-2-6-17-8-10)13-5-4-11(7-12(13)15)14(16)18-20/h2-8,20H,9H2,1H3,(H2,16,18). The van der Waals surface area contributed by atoms with Crippen molar-refractivity contribution in [3.8, 4) is 0 Å². The van der Waals surface area contributed by atoms with E-state index in [9.17, 15) is 0 Å². The van der Waals surface area contributed by atoms with Gasteiger partial charge in [0, 0.05) is 36.0 Å². The Hall–Kier alpha value is -2.08. The van der Waals surface area contributed by atoms with Crippen molar-refractivity contribution < 1.29 is 5.21 Å². The van der Waals surface area contributed by atoms with Crippen LogP contribution in [0.3, 0.4) is 0 Å². The molecule has 0 bridgehead atoms. The van der Waals surface area contributed by atoms with E-state index in [1.165, 1.54) is 0 Å². The van der Waals surface area contributed by atoms with Crippen LogP contribution in [0.5, 0.6) is 0 Å². The minimum atomic E-state index is 0.0900. The highest BCUT2D eigenvalue weighted by atomic mass is 79.9. The monoisotopic (exact) mass is 334 g/mol. The summed E-state index contributed by atoms with van der Waals surface area (Å²) in [4.78, 5) is 6.20. The predicted molar refractivity (Wildman–Crippen MR) is 83.0 cm³/mol. The van der Waals surface area contributed by atoms with Gasteiger partial charge >= 0.3 is 0 Å². The molecule has 5 nitrogen and oxygen atoms in total. The van der Waals surface area contributed by atoms with E-state index in [-0.39, 0.29) is 5.84 Å². The van der Waals surface area contributed by atoms with Gasteiger partial charge in [-0.2, -0.15) is 0 Å². The number of pyridine rings is 1. The van der Waals surface area contributed by atoms with Crippen LogP contribution in [-0.2, 0) is 6.54 Å². The van der Waals surface area contributed by atoms with E-state index in [4.69, 9.17) is 10.9 Å². The number of halogens is 1. The summed E-state index contributed by atoms with van der Waals surface area (Å²) in [5.74, 6) is 0.0900. The van der Waals surface area contributed by atoms with Gasteiger partial charge in [-0.05, 0) is 45.8 Å². The highest BCUT2D eigenvalue weighted by Crippen LogP contribution is 2.27. The molecule has 1 aromatic heterocycles. The highest BCUT2D eigenvalue weighted by Gasteiger charge is 2.09. The van der Waals surface area contributed by atoms with E-state index in [0.29, 0.717) is 5.56 Å². The maximum absolute atomic E-state index is 8.68. The van der Waals surface area contributed by atoms with Crippen molar-refractivity contribution in [2.45, 2.75) is 6.54 Å². The normalized spacial score (nSPS) is 11.4. The van der Waals surface area contributed by atoms with Gasteiger partial charge in [-0.25, -0.2) is 0 Å². The van der Waals surface area contributed by atoms with Gasteiger partial charge in [0.1, 0.15) is 0 Å². The Balaban J connectivity index is 2.20. The van der Waals surface area contributed by atoms with Gasteiger partial charge in [0.2, 0.25) is 0 Å². The van der Waals surface area contributed by atoms with E-state index in [0.717, 1.165) is 22.3 Å². The second-order valence-electron chi connectivity index (χ2n) is 4.37. The molecule has 2 aromatic rings. The fourth-order valence-corrected chi connectivity index (χ4v) is 2.57. The lowest BCUT2D eigenvalue weighted by atomic mass is 10.1. The van der Waals surface area contributed by atoms with E-state index < -0.39 is 0 Å². The predicted octanol–water partition coefficient (Wildman–Crippen LogP) is 2.58. The summed E-state index contributed by atoms with van der Waals surface area (Å²) in [6.45, 7) is 0.745. The van der Waals surface area contributed by atoms with Gasteiger partial charge in [0.25, 0.3) is 0 Å². The Morgan fingerprint density at radius 2 is 2.25 bits per heavy atom. The Morgan fingerprint density at radius 1 is 1.45 bits per heavy atom. The van der Waals surface area contributed by atoms with Crippen LogP contribution in [-0.4, -0.2) is 23.1 Å². The van der Waals surface area contributed by atoms with Crippen LogP contribution in [0.4, 0.5) is 5.69 Å². The van der Waals surface area contributed by atoms with Crippen molar-refractivity contribution in [1.29, 1.82) is 0 Å². The van der Waals surface area contributed by atoms with Gasteiger partial charge in [0.15, 0.2) is 5.84 Å². The van der Waals surface area contributed by atoms with Crippen molar-refractivity contribution in [2.24, 2.45) is 10.9 Å². The first kappa shape index (κ1) is 14.3. The Labute approximate surface area is 125 Å². The summed E-state index contributed by atoms with van der Waals surface area (Å²) >= 11 is 3.51. The number of anilines is 1. The average molecular weight is 335 g/mol. The van der Waals surface area contributed by atoms with Crippen LogP contribution in [0.15, 0.2) is 52.4 Å². The van der Waals surface area contributed by atoms with Gasteiger partial charge in [-0.1, -0.05) is 11.2 Å². The van der Waals surface area contributed by atoms with Gasteiger partial charge < -0.3 is 15.8 Å². The molecule has 20 heavy (non-hydrogen) atoms. The fourth-order valence-electron chi connectivity index (χ4n) is 1.88. The fraction of sp³-hybridized carbons (Fsp3) is 0.143. The van der Waals surface area contributed by atoms with Crippen LogP contribution in [0, 0.1) is 0 Å². The second kappa shape index (κ2) is 6.38. The largest absolute Gasteiger partial charge is 0.409 e. The zero-order chi connectivity index (χ0) is 14.5. The molecule has 1 aromatic carbocycles. The summed E-state index contributed by atoms with van der Waals surface area (Å²) in [6.07, 6.45) is 3.60. The number of aromatic nitrogens is 1. The number of benzene rings is 1. The van der Waals surface area contributed by atoms with E-state index in [1.54, 1.807) is 6.20 Å². The molecule has 0 aliphatic carbocycles. The summed E-state index contributed by atoms with van der Waals surface area (Å²) in [5, 5.41) is 11.7. The number of hydrogen-bond donors (Lipinski definition) is 2. The third kappa shape index (κ3) is 3.27. The molecule has 0 fully saturated rings. The lowest BCUT2D eigenvalue weighted by Crippen LogP contribution is -2.18. The maximum Gasteiger partial charge on any atom is 0.170 e. The number of amidine groups is 1. The molecule has 1 heterocycles. The number of nitrogens with two attached hydrogens (primary N) is 1. The Bertz CT molecular complexity index is 616. The number of hydrogen-bond acceptors (Lipinski definition) is 4. The molecule has 2 rings (SSSR count). The molecule has 104 valence electrons. The van der Waals surface area contributed by atoms with E-state index >= 15 is 0 Å². The lowest BCUT2D eigenvalue weighted by Gasteiger charge is -2.21. The average Bonchev–Trinajstić information content (AvgIpc) is 2.47. The lowest BCUT2D eigenvalue weighted by molar-refractivity contribution is 0.318. The summed E-state index contributed by atoms with van der Waals surface area (Å²) in [7, 11) is 2.00. The van der Waals surface area contributed by atoms with Crippen LogP contribution in [0.1, 0.15) is 11.1 Å². The first-order valence-corrected chi connectivity index (χ1v) is 6.78. The van der Waals surface area contributed by atoms with Crippen LogP contribution in [0.25, 0.3) is 0 Å². The topological polar surface area (TPSA) is 74.7 Å². The molecule has 0 aliphatic rings. The Kier molecular flexibility index (Phi) is 4.57. The Morgan fingerprint density at radius 3 is 2.85 bits per heavy atom. The van der Waals surface area contributed by atoms with Crippen molar-refractivity contribution in [1.82, 2.24) is 4.98 Å². The number of nitrogens with zero attached hydrogens (tertiary/aromatic N) is 3. The van der Waals surface area contributed by atoms with Crippen molar-refractivity contribution >= 4 is 27.5 Å². The van der Waals surface area contributed by atoms with Crippen LogP contribution < -0.4 is 10.6 Å². The van der Waals surface area contributed by atoms with Gasteiger partial charge in [0.05, 0.1) is 5.69 Å². The SMILES string of the molecule is CN(Cc1cccnc1)c1ccc(/C(N)=N/O)cc1Br. The molecule has 0 amide bonds. The molecule has 0 atom stereocenters. The molecule has 6 heteroatoms. The van der Waals surface area contributed by atoms with Crippen molar-refractivity contribution in [3.63, 3.8) is 0 Å². The molecule has 0 radical (unpaired) electrons. The smallest absolute Gasteiger partial charge is 0.170 e. The second-order valence-corrected chi connectivity index (χ2v) is 5.22. The molecule has 0 saturated carbocycles. The molecule has 0 aliphatic heterocycles. The number of oxime groups is 1. The highest BCUT2D eigenvalue weighted by molar-refractivity contribution is 9.10. The quantitative estimate of drug-likeness (QED) is 0.390. The van der Waals surface area contributed by atoms with Crippen LogP contribution in [0.2, 0.25) is 0 Å². The van der Waals surface area contributed by atoms with E-state index in [2.05, 4.69) is 31.0 Å². The zero-order valence-electron chi connectivity index (χ0n) is 11.0.